The highest BCUT2D eigenvalue weighted by Gasteiger charge is 1.93. The molecule has 1 unspecified atom stereocenters. The van der Waals surface area contributed by atoms with Crippen molar-refractivity contribution in [2.24, 2.45) is 0 Å². The summed E-state index contributed by atoms with van der Waals surface area (Å²) >= 11 is 1.41. The lowest BCUT2D eigenvalue weighted by molar-refractivity contribution is 0.522. The Balaban J connectivity index is 2.80. The largest absolute Gasteiger partial charge is 0.573 e. The number of halogens is 1. The van der Waals surface area contributed by atoms with Crippen molar-refractivity contribution in [3.8, 4) is 0 Å². The number of rotatable bonds is 0. The average molecular weight is 191 g/mol. The molecular formula is HIO2P+. The van der Waals surface area contributed by atoms with Crippen LogP contribution in [0.3, 0.4) is 0 Å². The molecule has 24 valence electrons. The fraction of sp³-hybridized carbons (Fsp3) is 0. The first-order chi connectivity index (χ1) is 1.73. The summed E-state index contributed by atoms with van der Waals surface area (Å²) in [5.41, 5.74) is -1.90. The second kappa shape index (κ2) is 2.05. The zero-order valence-electron chi connectivity index (χ0n) is 1.68. The van der Waals surface area contributed by atoms with Gasteiger partial charge in [0, 0.05) is 0 Å². The molecule has 0 aromatic carbocycles. The SMILES string of the molecule is O=[P+](O)I. The van der Waals surface area contributed by atoms with Crippen LogP contribution in [-0.2, 0) is 4.57 Å². The van der Waals surface area contributed by atoms with E-state index in [1.54, 1.807) is 0 Å². The second-order valence-corrected chi connectivity index (χ2v) is 3.15. The van der Waals surface area contributed by atoms with Gasteiger partial charge in [-0.15, -0.1) is 0 Å². The molecule has 2 nitrogen and oxygen atoms in total. The van der Waals surface area contributed by atoms with Crippen LogP contribution in [0, 0.1) is 0 Å². The van der Waals surface area contributed by atoms with Crippen LogP contribution in [0.1, 0.15) is 0 Å². The van der Waals surface area contributed by atoms with Gasteiger partial charge in [0.05, 0.1) is 0 Å². The van der Waals surface area contributed by atoms with Crippen molar-refractivity contribution in [2.75, 3.05) is 0 Å². The van der Waals surface area contributed by atoms with Crippen molar-refractivity contribution >= 4 is 27.7 Å². The van der Waals surface area contributed by atoms with Gasteiger partial charge in [0.1, 0.15) is 0 Å². The van der Waals surface area contributed by atoms with Crippen molar-refractivity contribution < 1.29 is 9.46 Å². The summed E-state index contributed by atoms with van der Waals surface area (Å²) in [6, 6.07) is 0. The Morgan fingerprint density at radius 3 is 2.00 bits per heavy atom. The summed E-state index contributed by atoms with van der Waals surface area (Å²) in [6.45, 7) is 0. The van der Waals surface area contributed by atoms with Gasteiger partial charge in [-0.1, -0.05) is 0 Å². The van der Waals surface area contributed by atoms with Crippen LogP contribution in [0.15, 0.2) is 0 Å². The van der Waals surface area contributed by atoms with Gasteiger partial charge in [0.2, 0.25) is 0 Å². The molecule has 0 aromatic rings. The maximum absolute atomic E-state index is 9.13. The highest BCUT2D eigenvalue weighted by Crippen LogP contribution is 2.22. The topological polar surface area (TPSA) is 37.3 Å². The normalized spacial score (nSPS) is 11.0. The predicted octanol–water partition coefficient (Wildman–Crippen LogP) is 1.07. The summed E-state index contributed by atoms with van der Waals surface area (Å²) in [4.78, 5) is 7.55. The molecule has 1 N–H and O–H groups in total. The molecule has 0 saturated carbocycles. The van der Waals surface area contributed by atoms with Gasteiger partial charge in [-0.3, -0.25) is 0 Å². The summed E-state index contributed by atoms with van der Waals surface area (Å²) in [7, 11) is 0. The van der Waals surface area contributed by atoms with Gasteiger partial charge in [-0.25, -0.2) is 0 Å². The lowest BCUT2D eigenvalue weighted by Crippen LogP contribution is -1.19. The van der Waals surface area contributed by atoms with Crippen molar-refractivity contribution in [3.63, 3.8) is 0 Å². The molecule has 0 bridgehead atoms. The zero-order valence-corrected chi connectivity index (χ0v) is 4.73. The van der Waals surface area contributed by atoms with E-state index in [9.17, 15) is 0 Å². The van der Waals surface area contributed by atoms with Crippen molar-refractivity contribution in [1.29, 1.82) is 0 Å². The first-order valence-corrected chi connectivity index (χ1v) is 4.55. The molecule has 0 radical (unpaired) electrons. The van der Waals surface area contributed by atoms with Crippen LogP contribution in [-0.4, -0.2) is 4.89 Å². The standard InChI is InChI=1S/IO2P/c1-4(2)3/p+1. The van der Waals surface area contributed by atoms with E-state index in [-0.39, 0.29) is 0 Å². The monoisotopic (exact) mass is 191 g/mol. The predicted molar refractivity (Wildman–Crippen MR) is 23.8 cm³/mol. The molecule has 0 heterocycles. The van der Waals surface area contributed by atoms with E-state index in [0.717, 1.165) is 0 Å². The number of hydrogen-bond acceptors (Lipinski definition) is 1. The summed E-state index contributed by atoms with van der Waals surface area (Å²) in [5, 5.41) is 0. The first-order valence-electron chi connectivity index (χ1n) is 0.552. The molecule has 0 aliphatic carbocycles. The van der Waals surface area contributed by atoms with Crippen molar-refractivity contribution in [3.05, 3.63) is 0 Å². The highest BCUT2D eigenvalue weighted by atomic mass is 127. The van der Waals surface area contributed by atoms with Gasteiger partial charge in [0.25, 0.3) is 0 Å². The van der Waals surface area contributed by atoms with E-state index in [4.69, 9.17) is 9.46 Å². The summed E-state index contributed by atoms with van der Waals surface area (Å²) in [6.07, 6.45) is 0. The van der Waals surface area contributed by atoms with Gasteiger partial charge in [-0.2, -0.15) is 4.89 Å². The fourth-order valence-corrected chi connectivity index (χ4v) is 0. The van der Waals surface area contributed by atoms with E-state index >= 15 is 0 Å². The maximum Gasteiger partial charge on any atom is 0.573 e. The van der Waals surface area contributed by atoms with Crippen LogP contribution in [0.25, 0.3) is 0 Å². The maximum atomic E-state index is 9.13. The second-order valence-electron chi connectivity index (χ2n) is 0.226. The van der Waals surface area contributed by atoms with Crippen molar-refractivity contribution in [1.82, 2.24) is 0 Å². The van der Waals surface area contributed by atoms with Gasteiger partial charge >= 0.3 is 27.7 Å². The first kappa shape index (κ1) is 4.79. The third kappa shape index (κ3) is 14.3. The molecule has 0 amide bonds. The molecule has 0 saturated heterocycles. The Labute approximate surface area is 37.6 Å². The summed E-state index contributed by atoms with van der Waals surface area (Å²) < 4.78 is 9.13. The molecule has 0 aliphatic heterocycles. The lowest BCUT2D eigenvalue weighted by atomic mass is 15.9. The van der Waals surface area contributed by atoms with Gasteiger partial charge in [-0.05, 0) is 4.57 Å². The third-order valence-corrected chi connectivity index (χ3v) is 0. The highest BCUT2D eigenvalue weighted by molar-refractivity contribution is 14.2. The minimum atomic E-state index is -1.90. The Morgan fingerprint density at radius 1 is 2.00 bits per heavy atom. The average Bonchev–Trinajstić information content (AvgIpc) is 0.811. The molecule has 0 aliphatic rings. The Bertz CT molecular complexity index is 29.0. The minimum absolute atomic E-state index is 1.41. The molecule has 4 heavy (non-hydrogen) atoms. The minimum Gasteiger partial charge on any atom is -0.153 e. The third-order valence-electron chi connectivity index (χ3n) is 0. The van der Waals surface area contributed by atoms with E-state index in [0.29, 0.717) is 0 Å². The molecule has 0 rings (SSSR count). The summed E-state index contributed by atoms with van der Waals surface area (Å²) in [5.74, 6) is 0. The molecular weight excluding hydrogens is 190 g/mol. The van der Waals surface area contributed by atoms with Gasteiger partial charge in [0.15, 0.2) is 0 Å². The van der Waals surface area contributed by atoms with E-state index in [2.05, 4.69) is 0 Å². The van der Waals surface area contributed by atoms with E-state index in [1.165, 1.54) is 22.0 Å². The molecule has 4 heteroatoms. The van der Waals surface area contributed by atoms with Gasteiger partial charge < -0.3 is 0 Å². The van der Waals surface area contributed by atoms with Crippen LogP contribution in [0.5, 0.6) is 0 Å². The molecule has 0 aromatic heterocycles. The van der Waals surface area contributed by atoms with Crippen molar-refractivity contribution in [2.45, 2.75) is 0 Å². The number of hydrogen-bond donors (Lipinski definition) is 1. The molecule has 1 atom stereocenters. The Hall–Kier alpha value is 0.790. The lowest BCUT2D eigenvalue weighted by Gasteiger charge is -1.30. The smallest absolute Gasteiger partial charge is 0.153 e. The van der Waals surface area contributed by atoms with Crippen LogP contribution >= 0.6 is 27.7 Å². The van der Waals surface area contributed by atoms with Crippen LogP contribution < -0.4 is 0 Å². The zero-order chi connectivity index (χ0) is 3.58. The van der Waals surface area contributed by atoms with Crippen LogP contribution in [0.4, 0.5) is 0 Å². The molecule has 0 spiro atoms. The Kier molecular flexibility index (Phi) is 2.46. The van der Waals surface area contributed by atoms with Crippen LogP contribution in [0.2, 0.25) is 0 Å². The fourth-order valence-electron chi connectivity index (χ4n) is 0. The van der Waals surface area contributed by atoms with E-state index < -0.39 is 5.67 Å². The van der Waals surface area contributed by atoms with E-state index in [1.807, 2.05) is 0 Å². The quantitative estimate of drug-likeness (QED) is 0.459. The Morgan fingerprint density at radius 2 is 2.00 bits per heavy atom. The molecule has 0 fully saturated rings.